The summed E-state index contributed by atoms with van der Waals surface area (Å²) in [5.74, 6) is -1.80. The fourth-order valence-corrected chi connectivity index (χ4v) is 4.58. The van der Waals surface area contributed by atoms with Crippen molar-refractivity contribution in [3.05, 3.63) is 82.7 Å². The number of fused-ring (bicyclic) bond motifs is 1. The number of hydrogen-bond acceptors (Lipinski definition) is 7. The maximum absolute atomic E-state index is 15.6. The SMILES string of the molecule is CC[C@](CO)(CNC(=O)c1cc(OC)c2nnc(C(F)F)cc2c1)c1cc(C(C)(C)O)c(F)c(-c2ccc(F)cc2)n1. The molecular formula is C30H30F4N4O4. The lowest BCUT2D eigenvalue weighted by Gasteiger charge is -2.32. The molecule has 222 valence electrons. The number of hydrogen-bond donors (Lipinski definition) is 3. The highest BCUT2D eigenvalue weighted by Crippen LogP contribution is 2.36. The summed E-state index contributed by atoms with van der Waals surface area (Å²) in [5, 5.41) is 31.6. The van der Waals surface area contributed by atoms with Gasteiger partial charge in [-0.05, 0) is 68.8 Å². The van der Waals surface area contributed by atoms with E-state index in [1.165, 1.54) is 51.3 Å². The second kappa shape index (κ2) is 12.0. The van der Waals surface area contributed by atoms with Gasteiger partial charge in [-0.3, -0.25) is 4.79 Å². The van der Waals surface area contributed by atoms with Crippen LogP contribution in [0.1, 0.15) is 60.9 Å². The molecule has 0 bridgehead atoms. The van der Waals surface area contributed by atoms with Gasteiger partial charge in [-0.15, -0.1) is 10.2 Å². The lowest BCUT2D eigenvalue weighted by atomic mass is 9.80. The molecule has 0 saturated carbocycles. The number of ether oxygens (including phenoxy) is 1. The van der Waals surface area contributed by atoms with E-state index in [-0.39, 0.29) is 57.7 Å². The van der Waals surface area contributed by atoms with Gasteiger partial charge in [0.15, 0.2) is 5.82 Å². The van der Waals surface area contributed by atoms with Crippen LogP contribution in [-0.2, 0) is 11.0 Å². The van der Waals surface area contributed by atoms with E-state index in [2.05, 4.69) is 20.5 Å². The molecule has 12 heteroatoms. The number of rotatable bonds is 10. The van der Waals surface area contributed by atoms with Crippen LogP contribution < -0.4 is 10.1 Å². The van der Waals surface area contributed by atoms with Crippen molar-refractivity contribution in [1.82, 2.24) is 20.5 Å². The lowest BCUT2D eigenvalue weighted by Crippen LogP contribution is -2.44. The molecule has 42 heavy (non-hydrogen) atoms. The molecule has 2 aromatic heterocycles. The molecule has 1 atom stereocenters. The van der Waals surface area contributed by atoms with Crippen molar-refractivity contribution in [2.24, 2.45) is 0 Å². The number of aliphatic hydroxyl groups is 2. The first-order valence-corrected chi connectivity index (χ1v) is 13.1. The van der Waals surface area contributed by atoms with E-state index in [4.69, 9.17) is 4.74 Å². The number of amides is 1. The Bertz CT molecular complexity index is 1600. The highest BCUT2D eigenvalue weighted by atomic mass is 19.3. The van der Waals surface area contributed by atoms with Crippen LogP contribution in [0.5, 0.6) is 5.75 Å². The Balaban J connectivity index is 1.74. The van der Waals surface area contributed by atoms with E-state index in [0.717, 1.165) is 18.2 Å². The van der Waals surface area contributed by atoms with Crippen molar-refractivity contribution in [2.75, 3.05) is 20.3 Å². The van der Waals surface area contributed by atoms with Crippen molar-refractivity contribution < 1.29 is 37.3 Å². The maximum atomic E-state index is 15.6. The third-order valence-corrected chi connectivity index (χ3v) is 7.22. The normalized spacial score (nSPS) is 13.3. The zero-order valence-corrected chi connectivity index (χ0v) is 23.4. The predicted molar refractivity (Wildman–Crippen MR) is 147 cm³/mol. The summed E-state index contributed by atoms with van der Waals surface area (Å²) >= 11 is 0. The summed E-state index contributed by atoms with van der Waals surface area (Å²) in [5.41, 5.74) is -2.97. The van der Waals surface area contributed by atoms with Crippen molar-refractivity contribution in [1.29, 1.82) is 0 Å². The van der Waals surface area contributed by atoms with Gasteiger partial charge in [0, 0.05) is 28.6 Å². The number of aliphatic hydroxyl groups excluding tert-OH is 1. The lowest BCUT2D eigenvalue weighted by molar-refractivity contribution is 0.0738. The van der Waals surface area contributed by atoms with Gasteiger partial charge in [0.1, 0.15) is 28.5 Å². The molecule has 2 aromatic carbocycles. The summed E-state index contributed by atoms with van der Waals surface area (Å²) in [6.45, 7) is 3.87. The van der Waals surface area contributed by atoms with Crippen molar-refractivity contribution in [3.8, 4) is 17.0 Å². The number of methoxy groups -OCH3 is 1. The Morgan fingerprint density at radius 3 is 2.33 bits per heavy atom. The van der Waals surface area contributed by atoms with Crippen LogP contribution in [0.15, 0.2) is 48.5 Å². The first-order chi connectivity index (χ1) is 19.8. The van der Waals surface area contributed by atoms with Gasteiger partial charge in [-0.1, -0.05) is 6.92 Å². The maximum Gasteiger partial charge on any atom is 0.282 e. The van der Waals surface area contributed by atoms with Gasteiger partial charge in [0.05, 0.1) is 30.4 Å². The average molecular weight is 587 g/mol. The van der Waals surface area contributed by atoms with Crippen LogP contribution in [0, 0.1) is 11.6 Å². The molecular weight excluding hydrogens is 556 g/mol. The van der Waals surface area contributed by atoms with Gasteiger partial charge in [0.2, 0.25) is 0 Å². The van der Waals surface area contributed by atoms with Gasteiger partial charge >= 0.3 is 0 Å². The number of pyridine rings is 1. The van der Waals surface area contributed by atoms with E-state index in [1.54, 1.807) is 6.92 Å². The molecule has 8 nitrogen and oxygen atoms in total. The molecule has 0 aliphatic heterocycles. The number of benzene rings is 2. The number of carbonyl (C=O) groups excluding carboxylic acids is 1. The average Bonchev–Trinajstić information content (AvgIpc) is 2.97. The highest BCUT2D eigenvalue weighted by molar-refractivity contribution is 5.99. The standard InChI is InChI=1S/C30H30F4N4O4/c1-5-30(15-39,23-13-20(29(2,3)41)24(32)26(36-23)16-6-8-19(31)9-7-16)14-35-28(40)18-10-17-11-21(27(33)34)37-38-25(17)22(12-18)42-4/h6-13,27,39,41H,5,14-15H2,1-4H3,(H,35,40)/t30-/m1/s1. The summed E-state index contributed by atoms with van der Waals surface area (Å²) < 4.78 is 60.9. The smallest absolute Gasteiger partial charge is 0.282 e. The van der Waals surface area contributed by atoms with E-state index in [1.807, 2.05) is 0 Å². The molecule has 1 amide bonds. The van der Waals surface area contributed by atoms with E-state index < -0.39 is 47.3 Å². The number of nitrogens with zero attached hydrogens (tertiary/aromatic N) is 3. The second-order valence-electron chi connectivity index (χ2n) is 10.4. The zero-order valence-electron chi connectivity index (χ0n) is 23.4. The van der Waals surface area contributed by atoms with Gasteiger partial charge in [0.25, 0.3) is 12.3 Å². The minimum absolute atomic E-state index is 0.0757. The Kier molecular flexibility index (Phi) is 8.79. The fourth-order valence-electron chi connectivity index (χ4n) is 4.58. The quantitative estimate of drug-likeness (QED) is 0.218. The molecule has 0 unspecified atom stereocenters. The molecule has 0 fully saturated rings. The Labute approximate surface area is 239 Å². The number of nitrogens with one attached hydrogen (secondary N) is 1. The van der Waals surface area contributed by atoms with E-state index in [0.29, 0.717) is 0 Å². The summed E-state index contributed by atoms with van der Waals surface area (Å²) in [6, 6.07) is 10.2. The first-order valence-electron chi connectivity index (χ1n) is 13.1. The van der Waals surface area contributed by atoms with Crippen molar-refractivity contribution in [2.45, 2.75) is 44.6 Å². The molecule has 0 aliphatic carbocycles. The molecule has 4 aromatic rings. The van der Waals surface area contributed by atoms with Crippen LogP contribution in [-0.4, -0.2) is 51.6 Å². The molecule has 0 spiro atoms. The third-order valence-electron chi connectivity index (χ3n) is 7.22. The third kappa shape index (κ3) is 6.04. The van der Waals surface area contributed by atoms with Crippen LogP contribution in [0.3, 0.4) is 0 Å². The second-order valence-corrected chi connectivity index (χ2v) is 10.4. The van der Waals surface area contributed by atoms with Crippen molar-refractivity contribution in [3.63, 3.8) is 0 Å². The molecule has 3 N–H and O–H groups in total. The summed E-state index contributed by atoms with van der Waals surface area (Å²) in [4.78, 5) is 17.8. The van der Waals surface area contributed by atoms with E-state index in [9.17, 15) is 28.2 Å². The van der Waals surface area contributed by atoms with Crippen LogP contribution in [0.25, 0.3) is 22.2 Å². The van der Waals surface area contributed by atoms with Crippen LogP contribution in [0.2, 0.25) is 0 Å². The summed E-state index contributed by atoms with van der Waals surface area (Å²) in [6.07, 6.45) is -2.62. The molecule has 2 heterocycles. The number of carbonyl (C=O) groups is 1. The monoisotopic (exact) mass is 586 g/mol. The van der Waals surface area contributed by atoms with Gasteiger partial charge in [-0.2, -0.15) is 0 Å². The zero-order chi connectivity index (χ0) is 30.8. The fraction of sp³-hybridized carbons (Fsp3) is 0.333. The van der Waals surface area contributed by atoms with Crippen LogP contribution >= 0.6 is 0 Å². The number of alkyl halides is 2. The van der Waals surface area contributed by atoms with Gasteiger partial charge in [-0.25, -0.2) is 22.5 Å². The predicted octanol–water partition coefficient (Wildman–Crippen LogP) is 5.21. The molecule has 4 rings (SSSR count). The highest BCUT2D eigenvalue weighted by Gasteiger charge is 2.36. The number of halogens is 4. The minimum atomic E-state index is -2.86. The topological polar surface area (TPSA) is 117 Å². The largest absolute Gasteiger partial charge is 0.494 e. The Morgan fingerprint density at radius 1 is 1.07 bits per heavy atom. The first kappa shape index (κ1) is 30.8. The van der Waals surface area contributed by atoms with Gasteiger partial charge < -0.3 is 20.3 Å². The number of aromatic nitrogens is 3. The van der Waals surface area contributed by atoms with Crippen LogP contribution in [0.4, 0.5) is 17.6 Å². The molecule has 0 saturated heterocycles. The molecule has 0 radical (unpaired) electrons. The minimum Gasteiger partial charge on any atom is -0.494 e. The van der Waals surface area contributed by atoms with Crippen molar-refractivity contribution >= 4 is 16.8 Å². The Morgan fingerprint density at radius 2 is 1.76 bits per heavy atom. The van der Waals surface area contributed by atoms with E-state index >= 15 is 4.39 Å². The molecule has 0 aliphatic rings. The summed E-state index contributed by atoms with van der Waals surface area (Å²) in [7, 11) is 1.34. The Hall–Kier alpha value is -4.16.